The van der Waals surface area contributed by atoms with Crippen LogP contribution in [0.5, 0.6) is 0 Å². The maximum absolute atomic E-state index is 13.1. The number of rotatable bonds is 7. The largest absolute Gasteiger partial charge is 0.325 e. The summed E-state index contributed by atoms with van der Waals surface area (Å²) in [5.74, 6) is -0.114. The lowest BCUT2D eigenvalue weighted by Gasteiger charge is -2.20. The van der Waals surface area contributed by atoms with Crippen LogP contribution in [0.25, 0.3) is 10.9 Å². The number of benzene rings is 2. The molecule has 29 heavy (non-hydrogen) atoms. The van der Waals surface area contributed by atoms with Crippen molar-refractivity contribution in [1.29, 1.82) is 0 Å². The minimum Gasteiger partial charge on any atom is -0.325 e. The van der Waals surface area contributed by atoms with Gasteiger partial charge >= 0.3 is 0 Å². The topological polar surface area (TPSA) is 64.0 Å². The van der Waals surface area contributed by atoms with Crippen molar-refractivity contribution < 1.29 is 4.79 Å². The zero-order valence-electron chi connectivity index (χ0n) is 17.3. The first kappa shape index (κ1) is 21.1. The number of anilines is 1. The van der Waals surface area contributed by atoms with Gasteiger partial charge in [-0.1, -0.05) is 49.9 Å². The van der Waals surface area contributed by atoms with Gasteiger partial charge in [-0.25, -0.2) is 4.98 Å². The van der Waals surface area contributed by atoms with E-state index in [1.807, 2.05) is 63.2 Å². The highest BCUT2D eigenvalue weighted by Gasteiger charge is 2.21. The number of hydrogen-bond donors (Lipinski definition) is 1. The molecule has 2 atom stereocenters. The lowest BCUT2D eigenvalue weighted by molar-refractivity contribution is -0.115. The zero-order valence-corrected chi connectivity index (χ0v) is 18.1. The van der Waals surface area contributed by atoms with E-state index in [2.05, 4.69) is 12.2 Å². The summed E-state index contributed by atoms with van der Waals surface area (Å²) in [4.78, 5) is 30.5. The first-order valence-corrected chi connectivity index (χ1v) is 10.9. The van der Waals surface area contributed by atoms with Crippen LogP contribution in [0.4, 0.5) is 5.69 Å². The summed E-state index contributed by atoms with van der Waals surface area (Å²) in [5.41, 5.74) is 2.59. The van der Waals surface area contributed by atoms with Gasteiger partial charge in [-0.2, -0.15) is 0 Å². The Bertz CT molecular complexity index is 1060. The number of nitrogens with one attached hydrogen (secondary N) is 1. The number of amides is 1. The van der Waals surface area contributed by atoms with E-state index < -0.39 is 5.25 Å². The van der Waals surface area contributed by atoms with E-state index in [9.17, 15) is 9.59 Å². The fourth-order valence-corrected chi connectivity index (χ4v) is 4.07. The highest BCUT2D eigenvalue weighted by atomic mass is 32.2. The molecule has 3 aromatic rings. The number of carbonyl (C=O) groups is 1. The maximum Gasteiger partial charge on any atom is 0.262 e. The van der Waals surface area contributed by atoms with E-state index in [4.69, 9.17) is 4.98 Å². The highest BCUT2D eigenvalue weighted by Crippen LogP contribution is 2.26. The molecule has 1 N–H and O–H groups in total. The van der Waals surface area contributed by atoms with Crippen molar-refractivity contribution >= 4 is 34.3 Å². The zero-order chi connectivity index (χ0) is 21.0. The van der Waals surface area contributed by atoms with E-state index in [-0.39, 0.29) is 17.5 Å². The number of para-hydroxylation sites is 1. The summed E-state index contributed by atoms with van der Waals surface area (Å²) >= 11 is 1.32. The highest BCUT2D eigenvalue weighted by molar-refractivity contribution is 8.00. The molecular weight excluding hydrogens is 382 g/mol. The molecule has 0 unspecified atom stereocenters. The Balaban J connectivity index is 1.87. The molecule has 0 spiro atoms. The molecule has 0 aliphatic carbocycles. The second kappa shape index (κ2) is 9.27. The van der Waals surface area contributed by atoms with Gasteiger partial charge in [0.1, 0.15) is 0 Å². The average molecular weight is 410 g/mol. The Labute approximate surface area is 175 Å². The van der Waals surface area contributed by atoms with Crippen molar-refractivity contribution in [3.8, 4) is 0 Å². The average Bonchev–Trinajstić information content (AvgIpc) is 2.74. The summed E-state index contributed by atoms with van der Waals surface area (Å²) in [6.07, 6.45) is 1.76. The summed E-state index contributed by atoms with van der Waals surface area (Å²) in [5, 5.41) is 3.73. The van der Waals surface area contributed by atoms with Gasteiger partial charge < -0.3 is 5.32 Å². The van der Waals surface area contributed by atoms with Crippen LogP contribution in [-0.2, 0) is 11.2 Å². The van der Waals surface area contributed by atoms with Gasteiger partial charge in [0.05, 0.1) is 16.2 Å². The van der Waals surface area contributed by atoms with Crippen molar-refractivity contribution in [2.75, 3.05) is 5.32 Å². The Morgan fingerprint density at radius 2 is 1.79 bits per heavy atom. The van der Waals surface area contributed by atoms with E-state index in [0.717, 1.165) is 18.5 Å². The number of carbonyl (C=O) groups excluding carboxylic acids is 1. The Hall–Kier alpha value is -2.60. The van der Waals surface area contributed by atoms with Crippen LogP contribution in [0, 0.1) is 0 Å². The SMILES string of the molecule is CCc1ccc(NC(=O)[C@@H](C)Sc2nc3ccccc3c(=O)n2[C@H](C)CC)cc1. The van der Waals surface area contributed by atoms with E-state index in [0.29, 0.717) is 16.1 Å². The van der Waals surface area contributed by atoms with Gasteiger partial charge in [0, 0.05) is 11.7 Å². The molecule has 1 amide bonds. The second-order valence-corrected chi connectivity index (χ2v) is 8.45. The van der Waals surface area contributed by atoms with E-state index in [1.54, 1.807) is 10.6 Å². The normalized spacial score (nSPS) is 13.2. The van der Waals surface area contributed by atoms with Crippen LogP contribution in [0.15, 0.2) is 58.5 Å². The van der Waals surface area contributed by atoms with Crippen LogP contribution in [0.1, 0.15) is 45.7 Å². The lowest BCUT2D eigenvalue weighted by atomic mass is 10.1. The molecule has 5 nitrogen and oxygen atoms in total. The quantitative estimate of drug-likeness (QED) is 0.438. The fraction of sp³-hybridized carbons (Fsp3) is 0.348. The Morgan fingerprint density at radius 3 is 2.45 bits per heavy atom. The Morgan fingerprint density at radius 1 is 1.10 bits per heavy atom. The van der Waals surface area contributed by atoms with Gasteiger partial charge in [-0.15, -0.1) is 0 Å². The first-order valence-electron chi connectivity index (χ1n) is 10.0. The Kier molecular flexibility index (Phi) is 6.75. The monoisotopic (exact) mass is 409 g/mol. The van der Waals surface area contributed by atoms with E-state index >= 15 is 0 Å². The summed E-state index contributed by atoms with van der Waals surface area (Å²) in [7, 11) is 0. The van der Waals surface area contributed by atoms with Gasteiger partial charge in [0.25, 0.3) is 5.56 Å². The fourth-order valence-electron chi connectivity index (χ4n) is 3.06. The standard InChI is InChI=1S/C23H27N3O2S/c1-5-15(3)26-22(28)19-9-7-8-10-20(19)25-23(26)29-16(4)21(27)24-18-13-11-17(6-2)12-14-18/h7-16H,5-6H2,1-4H3,(H,24,27)/t15-,16-/m1/s1. The third kappa shape index (κ3) is 4.70. The molecule has 152 valence electrons. The molecule has 6 heteroatoms. The summed E-state index contributed by atoms with van der Waals surface area (Å²) in [6, 6.07) is 15.2. The molecule has 0 aliphatic heterocycles. The summed E-state index contributed by atoms with van der Waals surface area (Å²) in [6.45, 7) is 7.97. The predicted molar refractivity (Wildman–Crippen MR) is 121 cm³/mol. The van der Waals surface area contributed by atoms with Crippen molar-refractivity contribution in [2.24, 2.45) is 0 Å². The number of fused-ring (bicyclic) bond motifs is 1. The number of aryl methyl sites for hydroxylation is 1. The van der Waals surface area contributed by atoms with Crippen LogP contribution in [0.2, 0.25) is 0 Å². The molecule has 0 saturated heterocycles. The minimum absolute atomic E-state index is 0.000967. The van der Waals surface area contributed by atoms with Gasteiger partial charge in [0.2, 0.25) is 5.91 Å². The molecule has 3 rings (SSSR count). The van der Waals surface area contributed by atoms with Crippen LogP contribution in [-0.4, -0.2) is 20.7 Å². The first-order chi connectivity index (χ1) is 13.9. The summed E-state index contributed by atoms with van der Waals surface area (Å²) < 4.78 is 1.72. The third-order valence-corrected chi connectivity index (χ3v) is 6.15. The second-order valence-electron chi connectivity index (χ2n) is 7.14. The number of nitrogens with zero attached hydrogens (tertiary/aromatic N) is 2. The van der Waals surface area contributed by atoms with Crippen LogP contribution < -0.4 is 10.9 Å². The molecule has 1 aromatic heterocycles. The number of hydrogen-bond acceptors (Lipinski definition) is 4. The van der Waals surface area contributed by atoms with Gasteiger partial charge in [-0.3, -0.25) is 14.2 Å². The smallest absolute Gasteiger partial charge is 0.262 e. The third-order valence-electron chi connectivity index (χ3n) is 5.09. The van der Waals surface area contributed by atoms with Crippen molar-refractivity contribution in [3.63, 3.8) is 0 Å². The minimum atomic E-state index is -0.399. The van der Waals surface area contributed by atoms with Gasteiger partial charge in [-0.05, 0) is 56.5 Å². The predicted octanol–water partition coefficient (Wildman–Crippen LogP) is 5.05. The van der Waals surface area contributed by atoms with Crippen molar-refractivity contribution in [1.82, 2.24) is 9.55 Å². The molecular formula is C23H27N3O2S. The number of aromatic nitrogens is 2. The van der Waals surface area contributed by atoms with Crippen molar-refractivity contribution in [2.45, 2.75) is 57.0 Å². The molecule has 2 aromatic carbocycles. The molecule has 0 radical (unpaired) electrons. The van der Waals surface area contributed by atoms with E-state index in [1.165, 1.54) is 17.3 Å². The van der Waals surface area contributed by atoms with Crippen molar-refractivity contribution in [3.05, 3.63) is 64.4 Å². The number of thioether (sulfide) groups is 1. The van der Waals surface area contributed by atoms with Crippen LogP contribution in [0.3, 0.4) is 0 Å². The molecule has 0 fully saturated rings. The van der Waals surface area contributed by atoms with Crippen LogP contribution >= 0.6 is 11.8 Å². The lowest BCUT2D eigenvalue weighted by Crippen LogP contribution is -2.28. The molecule has 1 heterocycles. The molecule has 0 aliphatic rings. The van der Waals surface area contributed by atoms with Gasteiger partial charge in [0.15, 0.2) is 5.16 Å². The molecule has 0 bridgehead atoms. The maximum atomic E-state index is 13.1. The molecule has 0 saturated carbocycles.